The van der Waals surface area contributed by atoms with E-state index >= 15 is 0 Å². The van der Waals surface area contributed by atoms with Gasteiger partial charge in [0.2, 0.25) is 0 Å². The minimum Gasteiger partial charge on any atom is -0.389 e. The van der Waals surface area contributed by atoms with Crippen molar-refractivity contribution in [3.8, 4) is 0 Å². The average Bonchev–Trinajstić information content (AvgIpc) is 3.32. The van der Waals surface area contributed by atoms with Gasteiger partial charge in [0.15, 0.2) is 0 Å². The number of hydrogen-bond donors (Lipinski definition) is 1. The number of fused-ring (bicyclic) bond motifs is 1. The molecule has 4 heteroatoms. The molecule has 2 atom stereocenters. The number of rotatable bonds is 7. The Morgan fingerprint density at radius 1 is 1.21 bits per heavy atom. The zero-order chi connectivity index (χ0) is 16.4. The Balaban J connectivity index is 1.31. The van der Waals surface area contributed by atoms with Crippen LogP contribution in [0.2, 0.25) is 0 Å². The third-order valence-corrected chi connectivity index (χ3v) is 6.05. The lowest BCUT2D eigenvalue weighted by atomic mass is 9.95. The number of thiophene rings is 1. The second-order valence-electron chi connectivity index (χ2n) is 6.98. The lowest BCUT2D eigenvalue weighted by Gasteiger charge is -2.37. The first kappa shape index (κ1) is 16.3. The first-order valence-electron chi connectivity index (χ1n) is 8.91. The zero-order valence-electron chi connectivity index (χ0n) is 13.9. The summed E-state index contributed by atoms with van der Waals surface area (Å²) in [5, 5.41) is 12.7. The van der Waals surface area contributed by atoms with Crippen LogP contribution in [0, 0.1) is 5.92 Å². The maximum atomic E-state index is 10.4. The number of β-amino-alcohol motifs (C(OH)–C–C–N with tert-alkyl or cyclic N) is 1. The first-order chi connectivity index (χ1) is 11.8. The van der Waals surface area contributed by atoms with Crippen LogP contribution in [0.1, 0.15) is 34.9 Å². The fourth-order valence-electron chi connectivity index (χ4n) is 3.78. The summed E-state index contributed by atoms with van der Waals surface area (Å²) in [6, 6.07) is 13.0. The summed E-state index contributed by atoms with van der Waals surface area (Å²) >= 11 is 1.89. The van der Waals surface area contributed by atoms with Crippen molar-refractivity contribution in [2.45, 2.75) is 38.0 Å². The van der Waals surface area contributed by atoms with E-state index in [0.29, 0.717) is 25.8 Å². The van der Waals surface area contributed by atoms with Crippen LogP contribution in [0.15, 0.2) is 41.8 Å². The predicted molar refractivity (Wildman–Crippen MR) is 97.2 cm³/mol. The highest BCUT2D eigenvalue weighted by Crippen LogP contribution is 2.48. The molecule has 0 unspecified atom stereocenters. The van der Waals surface area contributed by atoms with Gasteiger partial charge < -0.3 is 9.84 Å². The largest absolute Gasteiger partial charge is 0.389 e. The molecule has 128 valence electrons. The van der Waals surface area contributed by atoms with E-state index in [1.165, 1.54) is 18.4 Å². The molecule has 0 amide bonds. The minimum atomic E-state index is -0.421. The Morgan fingerprint density at radius 2 is 2.04 bits per heavy atom. The van der Waals surface area contributed by atoms with E-state index in [1.807, 2.05) is 29.5 Å². The Hall–Kier alpha value is -1.20. The number of hydrogen-bond acceptors (Lipinski definition) is 4. The number of ether oxygens (including phenoxy) is 1. The van der Waals surface area contributed by atoms with Crippen LogP contribution in [-0.4, -0.2) is 35.8 Å². The second kappa shape index (κ2) is 7.36. The normalized spacial score (nSPS) is 22.3. The van der Waals surface area contributed by atoms with E-state index in [0.717, 1.165) is 24.4 Å². The highest BCUT2D eigenvalue weighted by Gasteiger charge is 2.40. The van der Waals surface area contributed by atoms with Crippen molar-refractivity contribution in [2.24, 2.45) is 5.92 Å². The number of aliphatic hydroxyl groups excluding tert-OH is 1. The fraction of sp³-hybridized carbons (Fsp3) is 0.500. The van der Waals surface area contributed by atoms with Gasteiger partial charge in [-0.15, -0.1) is 11.3 Å². The third kappa shape index (κ3) is 3.72. The van der Waals surface area contributed by atoms with Gasteiger partial charge in [-0.05, 0) is 47.8 Å². The summed E-state index contributed by atoms with van der Waals surface area (Å²) in [5.41, 5.74) is 2.67. The summed E-state index contributed by atoms with van der Waals surface area (Å²) in [5.74, 6) is 0.788. The quantitative estimate of drug-likeness (QED) is 0.833. The van der Waals surface area contributed by atoms with Crippen molar-refractivity contribution in [1.29, 1.82) is 0 Å². The molecular formula is C20H25NO2S. The van der Waals surface area contributed by atoms with E-state index in [-0.39, 0.29) is 0 Å². The molecule has 1 aliphatic heterocycles. The molecule has 0 radical (unpaired) electrons. The van der Waals surface area contributed by atoms with Crippen LogP contribution < -0.4 is 0 Å². The fourth-order valence-corrected chi connectivity index (χ4v) is 4.69. The van der Waals surface area contributed by atoms with Gasteiger partial charge in [0.25, 0.3) is 0 Å². The second-order valence-corrected chi connectivity index (χ2v) is 7.98. The molecule has 0 saturated heterocycles. The first-order valence-corrected chi connectivity index (χ1v) is 9.79. The molecular weight excluding hydrogens is 318 g/mol. The van der Waals surface area contributed by atoms with Crippen LogP contribution in [0.4, 0.5) is 0 Å². The van der Waals surface area contributed by atoms with E-state index in [9.17, 15) is 5.11 Å². The number of nitrogens with zero attached hydrogens (tertiary/aromatic N) is 1. The number of benzene rings is 1. The molecule has 24 heavy (non-hydrogen) atoms. The maximum absolute atomic E-state index is 10.4. The van der Waals surface area contributed by atoms with Gasteiger partial charge in [-0.2, -0.15) is 0 Å². The zero-order valence-corrected chi connectivity index (χ0v) is 14.8. The minimum absolute atomic E-state index is 0.402. The van der Waals surface area contributed by atoms with Crippen molar-refractivity contribution in [3.63, 3.8) is 0 Å². The number of aliphatic hydroxyl groups is 1. The van der Waals surface area contributed by atoms with Crippen molar-refractivity contribution in [3.05, 3.63) is 57.8 Å². The van der Waals surface area contributed by atoms with Gasteiger partial charge in [-0.3, -0.25) is 4.90 Å². The molecule has 1 N–H and O–H groups in total. The highest BCUT2D eigenvalue weighted by molar-refractivity contribution is 7.10. The maximum Gasteiger partial charge on any atom is 0.0900 e. The van der Waals surface area contributed by atoms with E-state index < -0.39 is 6.10 Å². The molecule has 1 saturated carbocycles. The van der Waals surface area contributed by atoms with Gasteiger partial charge in [0.05, 0.1) is 19.3 Å². The smallest absolute Gasteiger partial charge is 0.0900 e. The molecule has 1 aromatic heterocycles. The van der Waals surface area contributed by atoms with E-state index in [2.05, 4.69) is 28.5 Å². The molecule has 3 nitrogen and oxygen atoms in total. The topological polar surface area (TPSA) is 32.7 Å². The van der Waals surface area contributed by atoms with Crippen molar-refractivity contribution >= 4 is 11.3 Å². The molecule has 0 bridgehead atoms. The third-order valence-electron chi connectivity index (χ3n) is 5.05. The van der Waals surface area contributed by atoms with Gasteiger partial charge in [-0.1, -0.05) is 30.3 Å². The molecule has 0 spiro atoms. The van der Waals surface area contributed by atoms with Crippen LogP contribution in [0.5, 0.6) is 0 Å². The molecule has 2 aromatic rings. The molecule has 1 aromatic carbocycles. The Morgan fingerprint density at radius 3 is 2.83 bits per heavy atom. The Kier molecular flexibility index (Phi) is 4.99. The Bertz CT molecular complexity index is 653. The van der Waals surface area contributed by atoms with Crippen LogP contribution in [0.3, 0.4) is 0 Å². The monoisotopic (exact) mass is 343 g/mol. The van der Waals surface area contributed by atoms with Crippen molar-refractivity contribution in [2.75, 3.05) is 19.7 Å². The molecule has 1 fully saturated rings. The molecule has 2 heterocycles. The molecule has 1 aliphatic carbocycles. The van der Waals surface area contributed by atoms with Gasteiger partial charge in [-0.25, -0.2) is 0 Å². The van der Waals surface area contributed by atoms with E-state index in [4.69, 9.17) is 4.74 Å². The highest BCUT2D eigenvalue weighted by atomic mass is 32.1. The van der Waals surface area contributed by atoms with E-state index in [1.54, 1.807) is 4.88 Å². The van der Waals surface area contributed by atoms with Crippen LogP contribution >= 0.6 is 11.3 Å². The van der Waals surface area contributed by atoms with Crippen LogP contribution in [-0.2, 0) is 17.8 Å². The Labute approximate surface area is 147 Å². The summed E-state index contributed by atoms with van der Waals surface area (Å²) in [7, 11) is 0. The summed E-state index contributed by atoms with van der Waals surface area (Å²) < 4.78 is 5.71. The SMILES string of the molecule is O[C@@H](COCc1ccccc1)CN1CCc2sccc2[C@@H]1C1CC1. The van der Waals surface area contributed by atoms with Gasteiger partial charge in [0, 0.05) is 24.0 Å². The van der Waals surface area contributed by atoms with Crippen LogP contribution in [0.25, 0.3) is 0 Å². The molecule has 2 aliphatic rings. The summed E-state index contributed by atoms with van der Waals surface area (Å²) in [4.78, 5) is 4.04. The van der Waals surface area contributed by atoms with Gasteiger partial charge in [0.1, 0.15) is 0 Å². The lowest BCUT2D eigenvalue weighted by Crippen LogP contribution is -2.42. The molecule has 4 rings (SSSR count). The lowest BCUT2D eigenvalue weighted by molar-refractivity contribution is -0.00154. The summed E-state index contributed by atoms with van der Waals surface area (Å²) in [6.45, 7) is 2.74. The summed E-state index contributed by atoms with van der Waals surface area (Å²) in [6.07, 6.45) is 3.36. The van der Waals surface area contributed by atoms with Gasteiger partial charge >= 0.3 is 0 Å². The standard InChI is InChI=1S/C20H25NO2S/c22-17(14-23-13-15-4-2-1-3-5-15)12-21-10-8-19-18(9-11-24-19)20(21)16-6-7-16/h1-5,9,11,16-17,20,22H,6-8,10,12-14H2/t17-,20+/m1/s1. The predicted octanol–water partition coefficient (Wildman–Crippen LogP) is 3.64. The average molecular weight is 343 g/mol. The van der Waals surface area contributed by atoms with Crippen molar-refractivity contribution < 1.29 is 9.84 Å². The van der Waals surface area contributed by atoms with Crippen molar-refractivity contribution in [1.82, 2.24) is 4.90 Å².